The lowest BCUT2D eigenvalue weighted by Crippen LogP contribution is -1.98. The first-order chi connectivity index (χ1) is 11.9. The first-order valence-electron chi connectivity index (χ1n) is 7.96. The molecule has 0 saturated heterocycles. The molecule has 0 aliphatic heterocycles. The molecule has 0 atom stereocenters. The minimum absolute atomic E-state index is 0.0275. The molecule has 0 saturated carbocycles. The molecular formula is C21H22O4. The third-order valence-electron chi connectivity index (χ3n) is 3.75. The van der Waals surface area contributed by atoms with Gasteiger partial charge < -0.3 is 14.9 Å². The minimum atomic E-state index is -0.346. The van der Waals surface area contributed by atoms with Crippen LogP contribution in [0, 0.1) is 0 Å². The molecule has 0 aliphatic rings. The molecule has 130 valence electrons. The summed E-state index contributed by atoms with van der Waals surface area (Å²) in [6.07, 6.45) is 5.47. The molecule has 0 amide bonds. The lowest BCUT2D eigenvalue weighted by Gasteiger charge is -2.07. The van der Waals surface area contributed by atoms with Crippen molar-refractivity contribution in [3.8, 4) is 17.2 Å². The first kappa shape index (κ1) is 18.3. The summed E-state index contributed by atoms with van der Waals surface area (Å²) in [4.78, 5) is 12.5. The zero-order chi connectivity index (χ0) is 18.4. The minimum Gasteiger partial charge on any atom is -0.508 e. The molecule has 0 spiro atoms. The number of rotatable bonds is 6. The maximum absolute atomic E-state index is 12.5. The number of para-hydroxylation sites is 1. The topological polar surface area (TPSA) is 66.8 Å². The predicted octanol–water partition coefficient (Wildman–Crippen LogP) is 4.51. The molecule has 25 heavy (non-hydrogen) atoms. The Morgan fingerprint density at radius 2 is 1.84 bits per heavy atom. The highest BCUT2D eigenvalue weighted by molar-refractivity contribution is 6.09. The highest BCUT2D eigenvalue weighted by Crippen LogP contribution is 2.29. The lowest BCUT2D eigenvalue weighted by molar-refractivity contribution is 0.104. The zero-order valence-electron chi connectivity index (χ0n) is 14.6. The van der Waals surface area contributed by atoms with Crippen molar-refractivity contribution in [3.05, 3.63) is 70.8 Å². The van der Waals surface area contributed by atoms with Gasteiger partial charge in [-0.1, -0.05) is 29.8 Å². The highest BCUT2D eigenvalue weighted by atomic mass is 16.5. The van der Waals surface area contributed by atoms with Gasteiger partial charge in [-0.2, -0.15) is 0 Å². The number of hydrogen-bond acceptors (Lipinski definition) is 4. The maximum Gasteiger partial charge on any atom is 0.189 e. The van der Waals surface area contributed by atoms with Gasteiger partial charge in [-0.15, -0.1) is 0 Å². The molecule has 0 bridgehead atoms. The largest absolute Gasteiger partial charge is 0.508 e. The molecule has 4 nitrogen and oxygen atoms in total. The molecular weight excluding hydrogens is 316 g/mol. The van der Waals surface area contributed by atoms with E-state index < -0.39 is 0 Å². The van der Waals surface area contributed by atoms with E-state index in [1.165, 1.54) is 18.2 Å². The van der Waals surface area contributed by atoms with Crippen LogP contribution in [-0.4, -0.2) is 23.1 Å². The van der Waals surface area contributed by atoms with Crippen molar-refractivity contribution in [2.45, 2.75) is 20.3 Å². The van der Waals surface area contributed by atoms with Crippen molar-refractivity contribution in [3.63, 3.8) is 0 Å². The van der Waals surface area contributed by atoms with Crippen molar-refractivity contribution in [2.75, 3.05) is 7.11 Å². The van der Waals surface area contributed by atoms with Gasteiger partial charge in [-0.05, 0) is 50.1 Å². The number of phenols is 2. The van der Waals surface area contributed by atoms with Gasteiger partial charge in [0.25, 0.3) is 0 Å². The van der Waals surface area contributed by atoms with E-state index in [-0.39, 0.29) is 22.8 Å². The molecule has 2 aromatic carbocycles. The van der Waals surface area contributed by atoms with Crippen molar-refractivity contribution in [1.82, 2.24) is 0 Å². The van der Waals surface area contributed by atoms with Gasteiger partial charge >= 0.3 is 0 Å². The molecule has 0 heterocycles. The molecule has 2 aromatic rings. The molecule has 0 aliphatic carbocycles. The Labute approximate surface area is 147 Å². The summed E-state index contributed by atoms with van der Waals surface area (Å²) in [5, 5.41) is 20.0. The van der Waals surface area contributed by atoms with Gasteiger partial charge in [0.15, 0.2) is 5.78 Å². The van der Waals surface area contributed by atoms with Crippen LogP contribution >= 0.6 is 0 Å². The van der Waals surface area contributed by atoms with Crippen LogP contribution in [0.15, 0.2) is 54.1 Å². The molecule has 0 unspecified atom stereocenters. The van der Waals surface area contributed by atoms with E-state index in [0.717, 1.165) is 11.1 Å². The number of aromatic hydroxyl groups is 2. The van der Waals surface area contributed by atoms with E-state index in [1.54, 1.807) is 19.3 Å². The standard InChI is InChI=1S/C21H22O4/c1-14(2)8-9-16-12-17(20(24)13-19(16)23)18(22)11-10-15-6-4-5-7-21(15)25-3/h4-8,10-13,23-24H,9H2,1-3H3/b11-10+. The number of benzene rings is 2. The Morgan fingerprint density at radius 1 is 1.12 bits per heavy atom. The lowest BCUT2D eigenvalue weighted by atomic mass is 10.0. The van der Waals surface area contributed by atoms with E-state index >= 15 is 0 Å². The maximum atomic E-state index is 12.5. The number of methoxy groups -OCH3 is 1. The highest BCUT2D eigenvalue weighted by Gasteiger charge is 2.13. The van der Waals surface area contributed by atoms with E-state index in [2.05, 4.69) is 0 Å². The van der Waals surface area contributed by atoms with Gasteiger partial charge in [-0.3, -0.25) is 4.79 Å². The Hall–Kier alpha value is -3.01. The fourth-order valence-electron chi connectivity index (χ4n) is 2.36. The average molecular weight is 338 g/mol. The fraction of sp³-hybridized carbons (Fsp3) is 0.190. The van der Waals surface area contributed by atoms with Gasteiger partial charge in [-0.25, -0.2) is 0 Å². The third kappa shape index (κ3) is 4.73. The van der Waals surface area contributed by atoms with Crippen LogP contribution in [0.4, 0.5) is 0 Å². The number of ether oxygens (including phenoxy) is 1. The van der Waals surface area contributed by atoms with Crippen LogP contribution in [0.3, 0.4) is 0 Å². The quantitative estimate of drug-likeness (QED) is 0.462. The number of hydrogen-bond donors (Lipinski definition) is 2. The van der Waals surface area contributed by atoms with Crippen LogP contribution in [0.5, 0.6) is 17.2 Å². The predicted molar refractivity (Wildman–Crippen MR) is 99.3 cm³/mol. The first-order valence-corrected chi connectivity index (χ1v) is 7.96. The second-order valence-electron chi connectivity index (χ2n) is 5.92. The Kier molecular flexibility index (Phi) is 6.01. The molecule has 2 N–H and O–H groups in total. The van der Waals surface area contributed by atoms with Crippen LogP contribution < -0.4 is 4.74 Å². The molecule has 2 rings (SSSR count). The zero-order valence-corrected chi connectivity index (χ0v) is 14.6. The van der Waals surface area contributed by atoms with Crippen LogP contribution in [0.1, 0.15) is 35.3 Å². The van der Waals surface area contributed by atoms with E-state index in [9.17, 15) is 15.0 Å². The second-order valence-corrected chi connectivity index (χ2v) is 5.92. The van der Waals surface area contributed by atoms with Gasteiger partial charge in [0.1, 0.15) is 17.2 Å². The normalized spacial score (nSPS) is 10.7. The molecule has 4 heteroatoms. The Morgan fingerprint density at radius 3 is 2.52 bits per heavy atom. The number of phenolic OH excluding ortho intramolecular Hbond substituents is 2. The molecule has 0 fully saturated rings. The van der Waals surface area contributed by atoms with Crippen molar-refractivity contribution < 1.29 is 19.7 Å². The summed E-state index contributed by atoms with van der Waals surface area (Å²) in [6, 6.07) is 10.1. The summed E-state index contributed by atoms with van der Waals surface area (Å²) in [5.74, 6) is 0.0426. The van der Waals surface area contributed by atoms with E-state index in [4.69, 9.17) is 4.74 Å². The summed E-state index contributed by atoms with van der Waals surface area (Å²) in [5.41, 5.74) is 2.62. The average Bonchev–Trinajstić information content (AvgIpc) is 2.59. The van der Waals surface area contributed by atoms with Crippen molar-refractivity contribution >= 4 is 11.9 Å². The smallest absolute Gasteiger partial charge is 0.189 e. The van der Waals surface area contributed by atoms with Crippen LogP contribution in [0.25, 0.3) is 6.08 Å². The van der Waals surface area contributed by atoms with Crippen LogP contribution in [-0.2, 0) is 6.42 Å². The molecule has 0 radical (unpaired) electrons. The third-order valence-corrected chi connectivity index (χ3v) is 3.75. The van der Waals surface area contributed by atoms with E-state index in [0.29, 0.717) is 17.7 Å². The Balaban J connectivity index is 2.31. The SMILES string of the molecule is COc1ccccc1/C=C/C(=O)c1cc(CC=C(C)C)c(O)cc1O. The number of carbonyl (C=O) groups excluding carboxylic acids is 1. The summed E-state index contributed by atoms with van der Waals surface area (Å²) >= 11 is 0. The van der Waals surface area contributed by atoms with Gasteiger partial charge in [0.05, 0.1) is 12.7 Å². The number of allylic oxidation sites excluding steroid dienone is 3. The van der Waals surface area contributed by atoms with Crippen molar-refractivity contribution in [2.24, 2.45) is 0 Å². The van der Waals surface area contributed by atoms with Crippen molar-refractivity contribution in [1.29, 1.82) is 0 Å². The van der Waals surface area contributed by atoms with E-state index in [1.807, 2.05) is 38.1 Å². The summed E-state index contributed by atoms with van der Waals surface area (Å²) < 4.78 is 5.24. The summed E-state index contributed by atoms with van der Waals surface area (Å²) in [6.45, 7) is 3.92. The number of ketones is 1. The molecule has 0 aromatic heterocycles. The number of carbonyl (C=O) groups is 1. The monoisotopic (exact) mass is 338 g/mol. The second kappa shape index (κ2) is 8.20. The van der Waals surface area contributed by atoms with Gasteiger partial charge in [0, 0.05) is 11.6 Å². The fourth-order valence-corrected chi connectivity index (χ4v) is 2.36. The Bertz CT molecular complexity index is 828. The van der Waals surface area contributed by atoms with Gasteiger partial charge in [0.2, 0.25) is 0 Å². The summed E-state index contributed by atoms with van der Waals surface area (Å²) in [7, 11) is 1.57. The van der Waals surface area contributed by atoms with Crippen LogP contribution in [0.2, 0.25) is 0 Å².